The quantitative estimate of drug-likeness (QED) is 0.716. The highest BCUT2D eigenvalue weighted by Gasteiger charge is 2.18. The van der Waals surface area contributed by atoms with Gasteiger partial charge in [0.2, 0.25) is 5.91 Å². The SMILES string of the molecule is CCCCc1nnc(SCC(=O)N2CCOCC2)n1CC. The molecule has 0 aromatic carbocycles. The largest absolute Gasteiger partial charge is 0.378 e. The first-order valence-corrected chi connectivity index (χ1v) is 8.65. The van der Waals surface area contributed by atoms with Crippen LogP contribution in [0.4, 0.5) is 0 Å². The van der Waals surface area contributed by atoms with Gasteiger partial charge >= 0.3 is 0 Å². The highest BCUT2D eigenvalue weighted by Crippen LogP contribution is 2.18. The van der Waals surface area contributed by atoms with E-state index < -0.39 is 0 Å². The molecule has 118 valence electrons. The monoisotopic (exact) mass is 312 g/mol. The van der Waals surface area contributed by atoms with Crippen LogP contribution in [0.25, 0.3) is 0 Å². The van der Waals surface area contributed by atoms with Crippen molar-refractivity contribution in [2.75, 3.05) is 32.1 Å². The van der Waals surface area contributed by atoms with E-state index in [-0.39, 0.29) is 5.91 Å². The van der Waals surface area contributed by atoms with Crippen LogP contribution >= 0.6 is 11.8 Å². The molecule has 0 atom stereocenters. The summed E-state index contributed by atoms with van der Waals surface area (Å²) >= 11 is 1.48. The molecule has 2 heterocycles. The van der Waals surface area contributed by atoms with E-state index in [9.17, 15) is 4.79 Å². The van der Waals surface area contributed by atoms with Crippen molar-refractivity contribution in [1.82, 2.24) is 19.7 Å². The summed E-state index contributed by atoms with van der Waals surface area (Å²) < 4.78 is 7.38. The van der Waals surface area contributed by atoms with Crippen molar-refractivity contribution in [3.63, 3.8) is 0 Å². The number of carbonyl (C=O) groups is 1. The van der Waals surface area contributed by atoms with Crippen molar-refractivity contribution in [3.8, 4) is 0 Å². The Kier molecular flexibility index (Phi) is 6.50. The van der Waals surface area contributed by atoms with E-state index in [0.29, 0.717) is 32.1 Å². The van der Waals surface area contributed by atoms with Crippen LogP contribution in [-0.4, -0.2) is 57.6 Å². The Labute approximate surface area is 130 Å². The molecule has 1 aliphatic rings. The van der Waals surface area contributed by atoms with Crippen molar-refractivity contribution in [2.24, 2.45) is 0 Å². The van der Waals surface area contributed by atoms with Gasteiger partial charge in [-0.15, -0.1) is 10.2 Å². The average Bonchev–Trinajstić information content (AvgIpc) is 2.93. The van der Waals surface area contributed by atoms with Gasteiger partial charge in [-0.1, -0.05) is 25.1 Å². The second-order valence-electron chi connectivity index (χ2n) is 5.03. The topological polar surface area (TPSA) is 60.3 Å². The third-order valence-electron chi connectivity index (χ3n) is 3.55. The number of thioether (sulfide) groups is 1. The van der Waals surface area contributed by atoms with E-state index in [0.717, 1.165) is 36.8 Å². The molecular weight excluding hydrogens is 288 g/mol. The highest BCUT2D eigenvalue weighted by molar-refractivity contribution is 7.99. The Hall–Kier alpha value is -1.08. The molecule has 1 aromatic rings. The summed E-state index contributed by atoms with van der Waals surface area (Å²) in [5, 5.41) is 9.35. The minimum atomic E-state index is 0.157. The Morgan fingerprint density at radius 2 is 2.05 bits per heavy atom. The first-order chi connectivity index (χ1) is 10.3. The molecule has 1 amide bonds. The smallest absolute Gasteiger partial charge is 0.233 e. The van der Waals surface area contributed by atoms with Gasteiger partial charge in [0.25, 0.3) is 0 Å². The Morgan fingerprint density at radius 1 is 1.29 bits per heavy atom. The van der Waals surface area contributed by atoms with Gasteiger partial charge in [-0.25, -0.2) is 0 Å². The van der Waals surface area contributed by atoms with Crippen molar-refractivity contribution in [3.05, 3.63) is 5.82 Å². The van der Waals surface area contributed by atoms with Gasteiger partial charge < -0.3 is 14.2 Å². The molecule has 0 aliphatic carbocycles. The highest BCUT2D eigenvalue weighted by atomic mass is 32.2. The summed E-state index contributed by atoms with van der Waals surface area (Å²) in [4.78, 5) is 14.0. The van der Waals surface area contributed by atoms with Gasteiger partial charge in [0.15, 0.2) is 5.16 Å². The van der Waals surface area contributed by atoms with E-state index >= 15 is 0 Å². The maximum Gasteiger partial charge on any atom is 0.233 e. The first-order valence-electron chi connectivity index (χ1n) is 7.66. The van der Waals surface area contributed by atoms with Crippen LogP contribution in [0, 0.1) is 0 Å². The molecule has 1 aliphatic heterocycles. The zero-order valence-electron chi connectivity index (χ0n) is 12.9. The number of unbranched alkanes of at least 4 members (excludes halogenated alkanes) is 1. The fourth-order valence-electron chi connectivity index (χ4n) is 2.29. The van der Waals surface area contributed by atoms with Crippen molar-refractivity contribution >= 4 is 17.7 Å². The summed E-state index contributed by atoms with van der Waals surface area (Å²) in [5.74, 6) is 1.61. The van der Waals surface area contributed by atoms with Crippen LogP contribution in [0.2, 0.25) is 0 Å². The number of hydrogen-bond acceptors (Lipinski definition) is 5. The van der Waals surface area contributed by atoms with Crippen LogP contribution in [0.1, 0.15) is 32.5 Å². The van der Waals surface area contributed by atoms with Crippen LogP contribution in [0.15, 0.2) is 5.16 Å². The van der Waals surface area contributed by atoms with E-state index in [2.05, 4.69) is 28.6 Å². The number of hydrogen-bond donors (Lipinski definition) is 0. The van der Waals surface area contributed by atoms with Crippen LogP contribution in [0.3, 0.4) is 0 Å². The lowest BCUT2D eigenvalue weighted by molar-refractivity contribution is -0.132. The van der Waals surface area contributed by atoms with Crippen molar-refractivity contribution < 1.29 is 9.53 Å². The molecule has 21 heavy (non-hydrogen) atoms. The second kappa shape index (κ2) is 8.38. The van der Waals surface area contributed by atoms with Crippen LogP contribution in [-0.2, 0) is 22.5 Å². The lowest BCUT2D eigenvalue weighted by atomic mass is 10.2. The number of aromatic nitrogens is 3. The zero-order chi connectivity index (χ0) is 15.1. The Balaban J connectivity index is 1.89. The number of aryl methyl sites for hydroxylation is 1. The second-order valence-corrected chi connectivity index (χ2v) is 5.97. The fourth-order valence-corrected chi connectivity index (χ4v) is 3.22. The van der Waals surface area contributed by atoms with E-state index in [1.807, 2.05) is 4.90 Å². The average molecular weight is 312 g/mol. The van der Waals surface area contributed by atoms with E-state index in [1.54, 1.807) is 0 Å². The van der Waals surface area contributed by atoms with E-state index in [1.165, 1.54) is 11.8 Å². The van der Waals surface area contributed by atoms with Crippen molar-refractivity contribution in [2.45, 2.75) is 44.8 Å². The number of nitrogens with zero attached hydrogens (tertiary/aromatic N) is 4. The van der Waals surface area contributed by atoms with Crippen LogP contribution in [0.5, 0.6) is 0 Å². The van der Waals surface area contributed by atoms with E-state index in [4.69, 9.17) is 4.74 Å². The van der Waals surface area contributed by atoms with Crippen molar-refractivity contribution in [1.29, 1.82) is 0 Å². The molecule has 0 N–H and O–H groups in total. The standard InChI is InChI=1S/C14H24N4O2S/c1-3-5-6-12-15-16-14(18(12)4-2)21-11-13(19)17-7-9-20-10-8-17/h3-11H2,1-2H3. The number of rotatable bonds is 7. The molecule has 0 bridgehead atoms. The van der Waals surface area contributed by atoms with Gasteiger partial charge in [0.05, 0.1) is 19.0 Å². The molecule has 1 fully saturated rings. The van der Waals surface area contributed by atoms with Gasteiger partial charge in [0.1, 0.15) is 5.82 Å². The summed E-state index contributed by atoms with van der Waals surface area (Å²) in [6, 6.07) is 0. The Bertz CT molecular complexity index is 458. The Morgan fingerprint density at radius 3 is 2.71 bits per heavy atom. The minimum absolute atomic E-state index is 0.157. The molecule has 0 unspecified atom stereocenters. The molecule has 1 aromatic heterocycles. The molecule has 0 spiro atoms. The van der Waals surface area contributed by atoms with Gasteiger partial charge in [-0.05, 0) is 13.3 Å². The van der Waals surface area contributed by atoms with Gasteiger partial charge in [-0.2, -0.15) is 0 Å². The number of morpholine rings is 1. The fraction of sp³-hybridized carbons (Fsp3) is 0.786. The summed E-state index contributed by atoms with van der Waals surface area (Å²) in [7, 11) is 0. The van der Waals surface area contributed by atoms with Gasteiger partial charge in [-0.3, -0.25) is 4.79 Å². The normalized spacial score (nSPS) is 15.4. The molecule has 0 saturated carbocycles. The maximum atomic E-state index is 12.1. The predicted molar refractivity (Wildman–Crippen MR) is 82.4 cm³/mol. The third-order valence-corrected chi connectivity index (χ3v) is 4.50. The number of carbonyl (C=O) groups excluding carboxylic acids is 1. The molecule has 0 radical (unpaired) electrons. The maximum absolute atomic E-state index is 12.1. The number of ether oxygens (including phenoxy) is 1. The predicted octanol–water partition coefficient (Wildman–Crippen LogP) is 1.59. The molecule has 7 heteroatoms. The molecule has 6 nitrogen and oxygen atoms in total. The molecule has 1 saturated heterocycles. The summed E-state index contributed by atoms with van der Waals surface area (Å²) in [6.07, 6.45) is 3.22. The van der Waals surface area contributed by atoms with Crippen LogP contribution < -0.4 is 0 Å². The first kappa shape index (κ1) is 16.3. The molecular formula is C14H24N4O2S. The molecule has 2 rings (SSSR count). The lowest BCUT2D eigenvalue weighted by Gasteiger charge is -2.26. The zero-order valence-corrected chi connectivity index (χ0v) is 13.7. The third kappa shape index (κ3) is 4.44. The minimum Gasteiger partial charge on any atom is -0.378 e. The lowest BCUT2D eigenvalue weighted by Crippen LogP contribution is -2.41. The van der Waals surface area contributed by atoms with Gasteiger partial charge in [0, 0.05) is 26.1 Å². The summed E-state index contributed by atoms with van der Waals surface area (Å²) in [6.45, 7) is 7.78. The summed E-state index contributed by atoms with van der Waals surface area (Å²) in [5.41, 5.74) is 0. The number of amides is 1.